The summed E-state index contributed by atoms with van der Waals surface area (Å²) in [5, 5.41) is 4.48. The molecule has 1 heterocycles. The number of carbonyl (C=O) groups is 1. The van der Waals surface area contributed by atoms with Crippen LogP contribution in [0.25, 0.3) is 0 Å². The molecule has 1 aromatic rings. The van der Waals surface area contributed by atoms with Gasteiger partial charge in [-0.05, 0) is 76.0 Å². The van der Waals surface area contributed by atoms with Gasteiger partial charge in [-0.3, -0.25) is 4.90 Å². The summed E-state index contributed by atoms with van der Waals surface area (Å²) in [5.41, 5.74) is 1.40. The average molecular weight is 467 g/mol. The highest BCUT2D eigenvalue weighted by Crippen LogP contribution is 2.46. The molecule has 1 aliphatic heterocycles. The minimum Gasteiger partial charge on any atom is -0.368 e. The Morgan fingerprint density at radius 1 is 1.16 bits per heavy atom. The third-order valence-electron chi connectivity index (χ3n) is 7.50. The fourth-order valence-corrected chi connectivity index (χ4v) is 5.79. The number of carbonyl (C=O) groups excluding carboxylic acids is 1. The lowest BCUT2D eigenvalue weighted by Gasteiger charge is -2.35. The zero-order valence-electron chi connectivity index (χ0n) is 18.9. The van der Waals surface area contributed by atoms with Crippen molar-refractivity contribution in [1.82, 2.24) is 15.1 Å². The number of nitrogens with zero attached hydrogens (tertiary/aromatic N) is 3. The van der Waals surface area contributed by atoms with E-state index >= 15 is 0 Å². The Labute approximate surface area is 197 Å². The molecule has 1 N–H and O–H groups in total. The van der Waals surface area contributed by atoms with Crippen molar-refractivity contribution in [2.45, 2.75) is 62.9 Å². The molecule has 7 heteroatoms. The second-order valence-electron chi connectivity index (χ2n) is 9.91. The standard InChI is InChI=1S/C24H36Cl2N4O/c1-28(2)23(31)27-19-9-7-18(8-10-19)11-16-30-15-4-14-29(17-24(30)12-13-24)21-6-3-5-20(25)22(21)26/h3,5-6,18-19H,4,7-17H2,1-2H3,(H,27,31)/t18-,19-. The molecule has 4 rings (SSSR count). The van der Waals surface area contributed by atoms with Crippen molar-refractivity contribution in [3.8, 4) is 0 Å². The molecular formula is C24H36Cl2N4O. The molecule has 5 nitrogen and oxygen atoms in total. The van der Waals surface area contributed by atoms with E-state index in [1.54, 1.807) is 19.0 Å². The molecule has 3 fully saturated rings. The lowest BCUT2D eigenvalue weighted by atomic mass is 9.84. The first-order chi connectivity index (χ1) is 14.9. The van der Waals surface area contributed by atoms with Gasteiger partial charge in [0.1, 0.15) is 0 Å². The fourth-order valence-electron chi connectivity index (χ4n) is 5.37. The SMILES string of the molecule is CN(C)C(=O)N[C@H]1CC[C@H](CCN2CCCN(c3cccc(Cl)c3Cl)CC23CC3)CC1. The number of nitrogens with one attached hydrogen (secondary N) is 1. The van der Waals surface area contributed by atoms with Crippen LogP contribution in [0.2, 0.25) is 10.0 Å². The Bertz CT molecular complexity index is 775. The molecule has 1 spiro atoms. The van der Waals surface area contributed by atoms with Gasteiger partial charge in [-0.1, -0.05) is 29.3 Å². The molecule has 0 aromatic heterocycles. The molecule has 0 unspecified atom stereocenters. The van der Waals surface area contributed by atoms with Crippen LogP contribution in [-0.4, -0.2) is 67.7 Å². The monoisotopic (exact) mass is 466 g/mol. The number of amides is 2. The zero-order chi connectivity index (χ0) is 22.0. The Balaban J connectivity index is 1.29. The van der Waals surface area contributed by atoms with E-state index in [4.69, 9.17) is 23.2 Å². The van der Waals surface area contributed by atoms with E-state index in [2.05, 4.69) is 21.2 Å². The molecule has 31 heavy (non-hydrogen) atoms. The first-order valence-corrected chi connectivity index (χ1v) is 12.6. The summed E-state index contributed by atoms with van der Waals surface area (Å²) in [4.78, 5) is 18.7. The normalized spacial score (nSPS) is 25.9. The molecule has 3 aliphatic rings. The summed E-state index contributed by atoms with van der Waals surface area (Å²) in [6, 6.07) is 6.35. The van der Waals surface area contributed by atoms with Crippen LogP contribution in [0.1, 0.15) is 51.4 Å². The van der Waals surface area contributed by atoms with Crippen molar-refractivity contribution in [3.05, 3.63) is 28.2 Å². The maximum Gasteiger partial charge on any atom is 0.317 e. The second-order valence-corrected chi connectivity index (χ2v) is 10.7. The summed E-state index contributed by atoms with van der Waals surface area (Å²) < 4.78 is 0. The van der Waals surface area contributed by atoms with Gasteiger partial charge in [0.25, 0.3) is 0 Å². The predicted molar refractivity (Wildman–Crippen MR) is 129 cm³/mol. The van der Waals surface area contributed by atoms with Crippen LogP contribution < -0.4 is 10.2 Å². The van der Waals surface area contributed by atoms with Gasteiger partial charge in [0, 0.05) is 45.3 Å². The van der Waals surface area contributed by atoms with Crippen molar-refractivity contribution in [2.75, 3.05) is 45.2 Å². The van der Waals surface area contributed by atoms with E-state index in [9.17, 15) is 4.79 Å². The molecular weight excluding hydrogens is 431 g/mol. The van der Waals surface area contributed by atoms with E-state index in [0.717, 1.165) is 44.0 Å². The quantitative estimate of drug-likeness (QED) is 0.642. The summed E-state index contributed by atoms with van der Waals surface area (Å²) in [6.07, 6.45) is 9.66. The predicted octanol–water partition coefficient (Wildman–Crippen LogP) is 5.26. The molecule has 0 radical (unpaired) electrons. The topological polar surface area (TPSA) is 38.8 Å². The third kappa shape index (κ3) is 5.43. The van der Waals surface area contributed by atoms with Crippen molar-refractivity contribution >= 4 is 34.9 Å². The van der Waals surface area contributed by atoms with Crippen LogP contribution in [0.4, 0.5) is 10.5 Å². The Kier molecular flexibility index (Phi) is 7.24. The Morgan fingerprint density at radius 3 is 2.58 bits per heavy atom. The largest absolute Gasteiger partial charge is 0.368 e. The minimum atomic E-state index is 0.0352. The smallest absolute Gasteiger partial charge is 0.317 e. The molecule has 0 bridgehead atoms. The summed E-state index contributed by atoms with van der Waals surface area (Å²) in [7, 11) is 3.61. The van der Waals surface area contributed by atoms with Gasteiger partial charge in [0.15, 0.2) is 0 Å². The van der Waals surface area contributed by atoms with Gasteiger partial charge in [-0.2, -0.15) is 0 Å². The second kappa shape index (κ2) is 9.76. The number of hydrogen-bond donors (Lipinski definition) is 1. The van der Waals surface area contributed by atoms with E-state index in [-0.39, 0.29) is 6.03 Å². The maximum absolute atomic E-state index is 11.9. The van der Waals surface area contributed by atoms with Gasteiger partial charge < -0.3 is 15.1 Å². The van der Waals surface area contributed by atoms with Crippen molar-refractivity contribution in [2.24, 2.45) is 5.92 Å². The molecule has 1 aromatic carbocycles. The first kappa shape index (κ1) is 23.0. The van der Waals surface area contributed by atoms with E-state index in [0.29, 0.717) is 21.6 Å². The molecule has 1 saturated heterocycles. The van der Waals surface area contributed by atoms with Gasteiger partial charge >= 0.3 is 6.03 Å². The van der Waals surface area contributed by atoms with Crippen LogP contribution in [0.3, 0.4) is 0 Å². The van der Waals surface area contributed by atoms with E-state index in [1.807, 2.05) is 12.1 Å². The number of urea groups is 1. The van der Waals surface area contributed by atoms with Crippen LogP contribution in [-0.2, 0) is 0 Å². The van der Waals surface area contributed by atoms with Gasteiger partial charge in [0.05, 0.1) is 15.7 Å². The van der Waals surface area contributed by atoms with E-state index < -0.39 is 0 Å². The maximum atomic E-state index is 11.9. The molecule has 0 atom stereocenters. The first-order valence-electron chi connectivity index (χ1n) is 11.8. The Morgan fingerprint density at radius 2 is 1.90 bits per heavy atom. The fraction of sp³-hybridized carbons (Fsp3) is 0.708. The van der Waals surface area contributed by atoms with Crippen LogP contribution >= 0.6 is 23.2 Å². The van der Waals surface area contributed by atoms with Crippen LogP contribution in [0, 0.1) is 5.92 Å². The number of anilines is 1. The molecule has 2 amide bonds. The highest BCUT2D eigenvalue weighted by molar-refractivity contribution is 6.43. The Hall–Kier alpha value is -1.17. The molecule has 2 saturated carbocycles. The number of rotatable bonds is 5. The molecule has 172 valence electrons. The summed E-state index contributed by atoms with van der Waals surface area (Å²) in [6.45, 7) is 4.45. The number of benzene rings is 1. The lowest BCUT2D eigenvalue weighted by Crippen LogP contribution is -2.45. The lowest BCUT2D eigenvalue weighted by molar-refractivity contribution is 0.164. The van der Waals surface area contributed by atoms with Gasteiger partial charge in [-0.15, -0.1) is 0 Å². The van der Waals surface area contributed by atoms with Gasteiger partial charge in [-0.25, -0.2) is 4.79 Å². The van der Waals surface area contributed by atoms with Crippen molar-refractivity contribution < 1.29 is 4.79 Å². The van der Waals surface area contributed by atoms with E-state index in [1.165, 1.54) is 45.2 Å². The highest BCUT2D eigenvalue weighted by atomic mass is 35.5. The number of hydrogen-bond acceptors (Lipinski definition) is 3. The third-order valence-corrected chi connectivity index (χ3v) is 8.31. The van der Waals surface area contributed by atoms with Crippen molar-refractivity contribution in [3.63, 3.8) is 0 Å². The summed E-state index contributed by atoms with van der Waals surface area (Å²) in [5.74, 6) is 0.782. The van der Waals surface area contributed by atoms with Gasteiger partial charge in [0.2, 0.25) is 0 Å². The summed E-state index contributed by atoms with van der Waals surface area (Å²) >= 11 is 12.8. The number of halogens is 2. The molecule has 2 aliphatic carbocycles. The van der Waals surface area contributed by atoms with Crippen molar-refractivity contribution in [1.29, 1.82) is 0 Å². The van der Waals surface area contributed by atoms with Crippen LogP contribution in [0.5, 0.6) is 0 Å². The minimum absolute atomic E-state index is 0.0352. The average Bonchev–Trinajstić information content (AvgIpc) is 3.55. The zero-order valence-corrected chi connectivity index (χ0v) is 20.4. The highest BCUT2D eigenvalue weighted by Gasteiger charge is 2.50. The van der Waals surface area contributed by atoms with Crippen LogP contribution in [0.15, 0.2) is 18.2 Å².